The number of hydrogen-bond donors (Lipinski definition) is 2. The fourth-order valence-corrected chi connectivity index (χ4v) is 5.26. The van der Waals surface area contributed by atoms with Gasteiger partial charge in [-0.1, -0.05) is 62.8 Å². The van der Waals surface area contributed by atoms with Gasteiger partial charge in [-0.2, -0.15) is 0 Å². The van der Waals surface area contributed by atoms with Crippen molar-refractivity contribution >= 4 is 29.3 Å². The smallest absolute Gasteiger partial charge is 0.404 e. The fourth-order valence-electron chi connectivity index (χ4n) is 5.13. The van der Waals surface area contributed by atoms with Crippen LogP contribution in [0.4, 0.5) is 4.79 Å². The Morgan fingerprint density at radius 3 is 2.40 bits per heavy atom. The van der Waals surface area contributed by atoms with E-state index in [9.17, 15) is 9.59 Å². The standard InChI is InChI=1S/C31H39ClN6O4/c1-20(30(39)34-17-9-7-5-4-6-8-10-18-42-31(33)40)27-29-37-36-21(2)38(29)26-16-15-24(41-3)19-25(26)28(35-27)22-11-13-23(32)14-12-22/h11-16,19-20,27H,4-10,17-18H2,1-3H3,(H2,33,40)(H,34,39)/t20-,27+/m1/s1. The van der Waals surface area contributed by atoms with Gasteiger partial charge in [0.1, 0.15) is 17.6 Å². The van der Waals surface area contributed by atoms with Crippen LogP contribution in [0.1, 0.15) is 80.7 Å². The highest BCUT2D eigenvalue weighted by molar-refractivity contribution is 6.30. The van der Waals surface area contributed by atoms with E-state index in [1.807, 2.05) is 60.9 Å². The van der Waals surface area contributed by atoms with Crippen molar-refractivity contribution in [3.8, 4) is 11.4 Å². The number of aromatic nitrogens is 3. The zero-order valence-corrected chi connectivity index (χ0v) is 25.2. The Hall–Kier alpha value is -3.92. The summed E-state index contributed by atoms with van der Waals surface area (Å²) in [5.41, 5.74) is 8.30. The molecule has 0 spiro atoms. The molecule has 3 N–H and O–H groups in total. The Balaban J connectivity index is 1.45. The quantitative estimate of drug-likeness (QED) is 0.230. The third-order valence-corrected chi connectivity index (χ3v) is 7.70. The number of hydrogen-bond acceptors (Lipinski definition) is 7. The minimum absolute atomic E-state index is 0.0793. The van der Waals surface area contributed by atoms with Crippen LogP contribution in [-0.4, -0.2) is 52.7 Å². The average molecular weight is 595 g/mol. The van der Waals surface area contributed by atoms with E-state index in [0.29, 0.717) is 35.6 Å². The number of benzene rings is 2. The van der Waals surface area contributed by atoms with Crippen LogP contribution in [0, 0.1) is 12.8 Å². The van der Waals surface area contributed by atoms with E-state index >= 15 is 0 Å². The lowest BCUT2D eigenvalue weighted by Crippen LogP contribution is -2.33. The maximum Gasteiger partial charge on any atom is 0.404 e. The van der Waals surface area contributed by atoms with Crippen LogP contribution in [0.3, 0.4) is 0 Å². The minimum atomic E-state index is -0.720. The Morgan fingerprint density at radius 2 is 1.71 bits per heavy atom. The van der Waals surface area contributed by atoms with Crippen molar-refractivity contribution in [2.24, 2.45) is 16.6 Å². The molecule has 0 radical (unpaired) electrons. The molecule has 2 amide bonds. The molecule has 0 saturated carbocycles. The number of carbonyl (C=O) groups is 2. The van der Waals surface area contributed by atoms with Gasteiger partial charge in [0.25, 0.3) is 0 Å². The number of fused-ring (bicyclic) bond motifs is 3. The van der Waals surface area contributed by atoms with E-state index in [-0.39, 0.29) is 5.91 Å². The topological polar surface area (TPSA) is 134 Å². The lowest BCUT2D eigenvalue weighted by atomic mass is 9.98. The summed E-state index contributed by atoms with van der Waals surface area (Å²) in [4.78, 5) is 29.2. The first-order valence-corrected chi connectivity index (χ1v) is 14.8. The molecule has 1 aromatic heterocycles. The molecular weight excluding hydrogens is 556 g/mol. The molecular formula is C31H39ClN6O4. The van der Waals surface area contributed by atoms with Crippen molar-refractivity contribution in [3.05, 3.63) is 70.3 Å². The zero-order chi connectivity index (χ0) is 30.1. The molecule has 2 aromatic carbocycles. The van der Waals surface area contributed by atoms with Gasteiger partial charge in [-0.25, -0.2) is 4.79 Å². The van der Waals surface area contributed by atoms with Gasteiger partial charge in [0, 0.05) is 22.7 Å². The summed E-state index contributed by atoms with van der Waals surface area (Å²) < 4.78 is 12.3. The molecule has 0 unspecified atom stereocenters. The average Bonchev–Trinajstić information content (AvgIpc) is 3.29. The highest BCUT2D eigenvalue weighted by Crippen LogP contribution is 2.36. The first-order chi connectivity index (χ1) is 20.3. The molecule has 0 fully saturated rings. The number of nitrogens with zero attached hydrogens (tertiary/aromatic N) is 4. The second-order valence-corrected chi connectivity index (χ2v) is 10.9. The molecule has 2 atom stereocenters. The first-order valence-electron chi connectivity index (χ1n) is 14.4. The van der Waals surface area contributed by atoms with Crippen LogP contribution in [0.5, 0.6) is 5.75 Å². The number of primary amides is 1. The number of nitrogens with two attached hydrogens (primary N) is 1. The number of unbranched alkanes of at least 4 members (excludes halogenated alkanes) is 6. The predicted octanol–water partition coefficient (Wildman–Crippen LogP) is 5.71. The van der Waals surface area contributed by atoms with Gasteiger partial charge in [-0.05, 0) is 50.1 Å². The molecule has 0 aliphatic carbocycles. The summed E-state index contributed by atoms with van der Waals surface area (Å²) >= 11 is 6.20. The molecule has 224 valence electrons. The van der Waals surface area contributed by atoms with Crippen molar-refractivity contribution in [2.75, 3.05) is 20.3 Å². The predicted molar refractivity (Wildman–Crippen MR) is 163 cm³/mol. The van der Waals surface area contributed by atoms with Gasteiger partial charge in [0.05, 0.1) is 31.0 Å². The van der Waals surface area contributed by atoms with E-state index < -0.39 is 18.1 Å². The number of carbonyl (C=O) groups excluding carboxylic acids is 2. The molecule has 1 aliphatic rings. The second-order valence-electron chi connectivity index (χ2n) is 10.5. The normalized spacial score (nSPS) is 14.7. The van der Waals surface area contributed by atoms with Gasteiger partial charge < -0.3 is 20.5 Å². The molecule has 0 bridgehead atoms. The lowest BCUT2D eigenvalue weighted by Gasteiger charge is -2.19. The van der Waals surface area contributed by atoms with Crippen LogP contribution in [0.15, 0.2) is 47.5 Å². The molecule has 11 heteroatoms. The molecule has 4 rings (SSSR count). The zero-order valence-electron chi connectivity index (χ0n) is 24.4. The Bertz CT molecular complexity index is 1400. The Morgan fingerprint density at radius 1 is 1.02 bits per heavy atom. The summed E-state index contributed by atoms with van der Waals surface area (Å²) in [6, 6.07) is 12.8. The lowest BCUT2D eigenvalue weighted by molar-refractivity contribution is -0.125. The van der Waals surface area contributed by atoms with Crippen LogP contribution >= 0.6 is 11.6 Å². The third-order valence-electron chi connectivity index (χ3n) is 7.45. The maximum atomic E-state index is 13.4. The summed E-state index contributed by atoms with van der Waals surface area (Å²) in [5, 5.41) is 12.6. The van der Waals surface area contributed by atoms with E-state index in [1.165, 1.54) is 0 Å². The molecule has 42 heavy (non-hydrogen) atoms. The van der Waals surface area contributed by atoms with Crippen molar-refractivity contribution in [1.29, 1.82) is 0 Å². The highest BCUT2D eigenvalue weighted by atomic mass is 35.5. The third kappa shape index (κ3) is 7.67. The number of nitrogens with one attached hydrogen (secondary N) is 1. The van der Waals surface area contributed by atoms with Gasteiger partial charge >= 0.3 is 6.09 Å². The molecule has 1 aliphatic heterocycles. The number of rotatable bonds is 14. The molecule has 0 saturated heterocycles. The van der Waals surface area contributed by atoms with Gasteiger partial charge in [-0.15, -0.1) is 10.2 Å². The van der Waals surface area contributed by atoms with Crippen LogP contribution in [0.25, 0.3) is 5.69 Å². The summed E-state index contributed by atoms with van der Waals surface area (Å²) in [6.07, 6.45) is 6.30. The van der Waals surface area contributed by atoms with Crippen molar-refractivity contribution < 1.29 is 19.1 Å². The maximum absolute atomic E-state index is 13.4. The number of ether oxygens (including phenoxy) is 2. The highest BCUT2D eigenvalue weighted by Gasteiger charge is 2.34. The van der Waals surface area contributed by atoms with Crippen molar-refractivity contribution in [1.82, 2.24) is 20.1 Å². The number of aliphatic imine (C=N–C) groups is 1. The van der Waals surface area contributed by atoms with E-state index in [1.54, 1.807) is 7.11 Å². The SMILES string of the molecule is COc1ccc2c(c1)C(c1ccc(Cl)cc1)=N[C@@H]([C@@H](C)C(=O)NCCCCCCCCCOC(N)=O)c1nnc(C)n1-2. The largest absolute Gasteiger partial charge is 0.497 e. The first kappa shape index (κ1) is 31.0. The van der Waals surface area contributed by atoms with E-state index in [2.05, 4.69) is 15.5 Å². The number of halogens is 1. The molecule has 3 aromatic rings. The number of methoxy groups -OCH3 is 1. The molecule has 10 nitrogen and oxygen atoms in total. The molecule has 2 heterocycles. The van der Waals surface area contributed by atoms with E-state index in [4.69, 9.17) is 31.8 Å². The van der Waals surface area contributed by atoms with Gasteiger partial charge in [0.2, 0.25) is 5.91 Å². The fraction of sp³-hybridized carbons (Fsp3) is 0.452. The summed E-state index contributed by atoms with van der Waals surface area (Å²) in [6.45, 7) is 4.76. The minimum Gasteiger partial charge on any atom is -0.497 e. The van der Waals surface area contributed by atoms with E-state index in [0.717, 1.165) is 67.5 Å². The van der Waals surface area contributed by atoms with Gasteiger partial charge in [-0.3, -0.25) is 14.4 Å². The van der Waals surface area contributed by atoms with Gasteiger partial charge in [0.15, 0.2) is 5.82 Å². The van der Waals surface area contributed by atoms with Crippen molar-refractivity contribution in [3.63, 3.8) is 0 Å². The summed E-state index contributed by atoms with van der Waals surface area (Å²) in [5.74, 6) is 1.45. The monoisotopic (exact) mass is 594 g/mol. The van der Waals surface area contributed by atoms with Crippen LogP contribution in [-0.2, 0) is 9.53 Å². The number of aryl methyl sites for hydroxylation is 1. The Kier molecular flexibility index (Phi) is 10.9. The second kappa shape index (κ2) is 14.8. The number of amides is 2. The Labute approximate surface area is 251 Å². The van der Waals surface area contributed by atoms with Crippen LogP contribution < -0.4 is 15.8 Å². The van der Waals surface area contributed by atoms with Crippen LogP contribution in [0.2, 0.25) is 5.02 Å². The van der Waals surface area contributed by atoms with Crippen molar-refractivity contribution in [2.45, 2.75) is 64.8 Å². The summed E-state index contributed by atoms with van der Waals surface area (Å²) in [7, 11) is 1.63.